The number of methoxy groups -OCH3 is 3. The Kier molecular flexibility index (Phi) is 8.29. The Morgan fingerprint density at radius 3 is 2.32 bits per heavy atom. The van der Waals surface area contributed by atoms with Crippen LogP contribution in [0.25, 0.3) is 0 Å². The summed E-state index contributed by atoms with van der Waals surface area (Å²) in [6.07, 6.45) is 0. The molecule has 0 saturated carbocycles. The van der Waals surface area contributed by atoms with Crippen LogP contribution in [0, 0.1) is 0 Å². The van der Waals surface area contributed by atoms with Gasteiger partial charge in [-0.15, -0.1) is 11.8 Å². The van der Waals surface area contributed by atoms with Crippen molar-refractivity contribution in [3.8, 4) is 11.5 Å². The molecule has 0 aliphatic heterocycles. The lowest BCUT2D eigenvalue weighted by atomic mass is 10.1. The predicted molar refractivity (Wildman–Crippen MR) is 112 cm³/mol. The minimum atomic E-state index is -0.600. The number of amides is 1. The van der Waals surface area contributed by atoms with Crippen LogP contribution in [0.5, 0.6) is 11.5 Å². The smallest absolute Gasteiger partial charge is 0.340 e. The predicted octanol–water partition coefficient (Wildman–Crippen LogP) is 4.67. The van der Waals surface area contributed by atoms with E-state index < -0.39 is 5.97 Å². The number of carbonyl (C=O) groups is 2. The molecule has 1 amide bonds. The highest BCUT2D eigenvalue weighted by molar-refractivity contribution is 7.99. The Morgan fingerprint density at radius 1 is 1.04 bits per heavy atom. The van der Waals surface area contributed by atoms with Crippen LogP contribution in [-0.4, -0.2) is 39.0 Å². The number of carbonyl (C=O) groups excluding carboxylic acids is 2. The Labute approximate surface area is 177 Å². The maximum absolute atomic E-state index is 12.3. The monoisotopic (exact) mass is 443 g/mol. The maximum Gasteiger partial charge on any atom is 0.340 e. The molecule has 28 heavy (non-hydrogen) atoms. The van der Waals surface area contributed by atoms with Gasteiger partial charge in [0.1, 0.15) is 0 Å². The lowest BCUT2D eigenvalue weighted by molar-refractivity contribution is -0.113. The Morgan fingerprint density at radius 2 is 1.71 bits per heavy atom. The zero-order valence-electron chi connectivity index (χ0n) is 15.5. The number of nitrogens with one attached hydrogen (secondary N) is 1. The molecule has 0 saturated heterocycles. The fourth-order valence-electron chi connectivity index (χ4n) is 2.34. The third-order valence-corrected chi connectivity index (χ3v) is 5.28. The van der Waals surface area contributed by atoms with Gasteiger partial charge in [-0.25, -0.2) is 4.79 Å². The van der Waals surface area contributed by atoms with Crippen LogP contribution in [0.4, 0.5) is 5.69 Å². The summed E-state index contributed by atoms with van der Waals surface area (Å²) in [4.78, 5) is 24.4. The number of rotatable bonds is 8. The van der Waals surface area contributed by atoms with E-state index in [0.717, 1.165) is 5.56 Å². The second kappa shape index (κ2) is 10.5. The van der Waals surface area contributed by atoms with E-state index in [1.807, 2.05) is 6.07 Å². The number of benzene rings is 2. The van der Waals surface area contributed by atoms with Gasteiger partial charge in [-0.05, 0) is 17.7 Å². The van der Waals surface area contributed by atoms with Gasteiger partial charge in [0, 0.05) is 27.9 Å². The van der Waals surface area contributed by atoms with Gasteiger partial charge in [-0.2, -0.15) is 0 Å². The zero-order valence-corrected chi connectivity index (χ0v) is 17.8. The van der Waals surface area contributed by atoms with Crippen LogP contribution in [-0.2, 0) is 15.3 Å². The summed E-state index contributed by atoms with van der Waals surface area (Å²) in [5.74, 6) is 0.552. The first-order valence-electron chi connectivity index (χ1n) is 8.05. The maximum atomic E-state index is 12.3. The molecule has 9 heteroatoms. The van der Waals surface area contributed by atoms with Crippen molar-refractivity contribution in [1.29, 1.82) is 0 Å². The highest BCUT2D eigenvalue weighted by atomic mass is 35.5. The Bertz CT molecular complexity index is 876. The Balaban J connectivity index is 2.08. The van der Waals surface area contributed by atoms with E-state index in [1.54, 1.807) is 12.1 Å². The average molecular weight is 444 g/mol. The van der Waals surface area contributed by atoms with E-state index in [2.05, 4.69) is 5.32 Å². The van der Waals surface area contributed by atoms with Gasteiger partial charge in [-0.1, -0.05) is 29.3 Å². The van der Waals surface area contributed by atoms with Crippen LogP contribution in [0.1, 0.15) is 15.9 Å². The summed E-state index contributed by atoms with van der Waals surface area (Å²) in [5.41, 5.74) is 1.32. The molecule has 2 rings (SSSR count). The molecule has 0 heterocycles. The van der Waals surface area contributed by atoms with Crippen LogP contribution >= 0.6 is 35.0 Å². The molecular weight excluding hydrogens is 425 g/mol. The molecule has 2 aromatic rings. The molecule has 0 aromatic heterocycles. The van der Waals surface area contributed by atoms with Gasteiger partial charge in [-0.3, -0.25) is 4.79 Å². The highest BCUT2D eigenvalue weighted by Gasteiger charge is 2.19. The van der Waals surface area contributed by atoms with Crippen LogP contribution in [0.3, 0.4) is 0 Å². The van der Waals surface area contributed by atoms with Crippen molar-refractivity contribution in [2.75, 3.05) is 32.4 Å². The van der Waals surface area contributed by atoms with E-state index in [0.29, 0.717) is 27.3 Å². The number of hydrogen-bond acceptors (Lipinski definition) is 6. The minimum absolute atomic E-state index is 0.161. The molecule has 0 atom stereocenters. The van der Waals surface area contributed by atoms with E-state index in [1.165, 1.54) is 45.2 Å². The van der Waals surface area contributed by atoms with Gasteiger partial charge < -0.3 is 19.5 Å². The molecule has 0 aliphatic rings. The topological polar surface area (TPSA) is 73.9 Å². The zero-order chi connectivity index (χ0) is 20.7. The fraction of sp³-hybridized carbons (Fsp3) is 0.263. The van der Waals surface area contributed by atoms with Crippen LogP contribution in [0.15, 0.2) is 30.3 Å². The first-order chi connectivity index (χ1) is 13.4. The van der Waals surface area contributed by atoms with Crippen molar-refractivity contribution < 1.29 is 23.8 Å². The third-order valence-electron chi connectivity index (χ3n) is 3.71. The number of hydrogen-bond donors (Lipinski definition) is 1. The molecule has 0 radical (unpaired) electrons. The van der Waals surface area contributed by atoms with Crippen molar-refractivity contribution in [1.82, 2.24) is 0 Å². The van der Waals surface area contributed by atoms with Crippen molar-refractivity contribution >= 4 is 52.5 Å². The first-order valence-corrected chi connectivity index (χ1v) is 9.96. The van der Waals surface area contributed by atoms with Gasteiger partial charge >= 0.3 is 5.97 Å². The number of halogens is 2. The van der Waals surface area contributed by atoms with Gasteiger partial charge in [0.25, 0.3) is 0 Å². The molecule has 1 N–H and O–H groups in total. The summed E-state index contributed by atoms with van der Waals surface area (Å²) in [5, 5.41) is 3.82. The Hall–Kier alpha value is -2.09. The molecule has 0 bridgehead atoms. The SMILES string of the molecule is COC(=O)c1cc(OC)c(OC)cc1NC(=O)CSCc1ccc(Cl)cc1Cl. The molecule has 150 valence electrons. The quantitative estimate of drug-likeness (QED) is 0.597. The molecule has 0 spiro atoms. The lowest BCUT2D eigenvalue weighted by Gasteiger charge is -2.14. The number of esters is 1. The van der Waals surface area contributed by atoms with Gasteiger partial charge in [0.2, 0.25) is 5.91 Å². The van der Waals surface area contributed by atoms with Crippen molar-refractivity contribution in [3.63, 3.8) is 0 Å². The fourth-order valence-corrected chi connectivity index (χ4v) is 3.73. The summed E-state index contributed by atoms with van der Waals surface area (Å²) in [6.45, 7) is 0. The van der Waals surface area contributed by atoms with E-state index >= 15 is 0 Å². The lowest BCUT2D eigenvalue weighted by Crippen LogP contribution is -2.17. The van der Waals surface area contributed by atoms with Gasteiger partial charge in [0.15, 0.2) is 11.5 Å². The number of ether oxygens (including phenoxy) is 3. The second-order valence-electron chi connectivity index (χ2n) is 5.52. The molecule has 0 fully saturated rings. The van der Waals surface area contributed by atoms with Gasteiger partial charge in [0.05, 0.1) is 38.3 Å². The van der Waals surface area contributed by atoms with Crippen molar-refractivity contribution in [2.24, 2.45) is 0 Å². The summed E-state index contributed by atoms with van der Waals surface area (Å²) < 4.78 is 15.2. The van der Waals surface area contributed by atoms with Crippen LogP contribution < -0.4 is 14.8 Å². The normalized spacial score (nSPS) is 10.3. The summed E-state index contributed by atoms with van der Waals surface area (Å²) in [6, 6.07) is 8.20. The molecule has 0 aliphatic carbocycles. The summed E-state index contributed by atoms with van der Waals surface area (Å²) >= 11 is 13.4. The second-order valence-corrected chi connectivity index (χ2v) is 7.35. The number of anilines is 1. The van der Waals surface area contributed by atoms with E-state index in [-0.39, 0.29) is 22.9 Å². The van der Waals surface area contributed by atoms with Crippen molar-refractivity contribution in [2.45, 2.75) is 5.75 Å². The number of thioether (sulfide) groups is 1. The highest BCUT2D eigenvalue weighted by Crippen LogP contribution is 2.34. The minimum Gasteiger partial charge on any atom is -0.493 e. The first kappa shape index (κ1) is 22.2. The molecular formula is C19H19Cl2NO5S. The molecule has 0 unspecified atom stereocenters. The van der Waals surface area contributed by atoms with Crippen molar-refractivity contribution in [3.05, 3.63) is 51.5 Å². The molecule has 6 nitrogen and oxygen atoms in total. The summed E-state index contributed by atoms with van der Waals surface area (Å²) in [7, 11) is 4.18. The van der Waals surface area contributed by atoms with Crippen LogP contribution in [0.2, 0.25) is 10.0 Å². The third kappa shape index (κ3) is 5.70. The molecule has 2 aromatic carbocycles. The largest absolute Gasteiger partial charge is 0.493 e. The standard InChI is InChI=1S/C19H19Cl2NO5S/c1-25-16-7-13(19(24)27-3)15(8-17(16)26-2)22-18(23)10-28-9-11-4-5-12(20)6-14(11)21/h4-8H,9-10H2,1-3H3,(H,22,23). The van der Waals surface area contributed by atoms with E-state index in [9.17, 15) is 9.59 Å². The van der Waals surface area contributed by atoms with E-state index in [4.69, 9.17) is 37.4 Å². The average Bonchev–Trinajstić information content (AvgIpc) is 2.68.